The molecule has 1 heterocycles. The van der Waals surface area contributed by atoms with E-state index in [1.807, 2.05) is 0 Å². The number of aromatic carboxylic acids is 1. The molecule has 0 unspecified atom stereocenters. The van der Waals surface area contributed by atoms with Gasteiger partial charge >= 0.3 is 5.97 Å². The molecule has 5 amide bonds. The number of fused-ring (bicyclic) bond motifs is 2. The summed E-state index contributed by atoms with van der Waals surface area (Å²) in [5.41, 5.74) is 39.8. The number of aliphatic imine (C=N–C) groups is 3. The van der Waals surface area contributed by atoms with Crippen LogP contribution in [0.3, 0.4) is 0 Å². The summed E-state index contributed by atoms with van der Waals surface area (Å²) >= 11 is 9.57. The van der Waals surface area contributed by atoms with E-state index in [0.29, 0.717) is 53.6 Å². The summed E-state index contributed by atoms with van der Waals surface area (Å²) in [6.07, 6.45) is 2.35. The topological polar surface area (TPSA) is 464 Å². The summed E-state index contributed by atoms with van der Waals surface area (Å²) in [5, 5.41) is 37.8. The molecule has 76 heavy (non-hydrogen) atoms. The van der Waals surface area contributed by atoms with Crippen molar-refractivity contribution < 1.29 is 43.4 Å². The Labute approximate surface area is 447 Å². The number of hydrogen-bond donors (Lipinski definition) is 16. The van der Waals surface area contributed by atoms with Gasteiger partial charge in [0.1, 0.15) is 41.3 Å². The first-order valence-corrected chi connectivity index (χ1v) is 25.1. The van der Waals surface area contributed by atoms with Crippen molar-refractivity contribution >= 4 is 100.0 Å². The number of thiol groups is 1. The Hall–Kier alpha value is -8.40. The molecular formula is C48H66N16O10S2. The lowest BCUT2D eigenvalue weighted by atomic mass is 9.90. The first-order valence-electron chi connectivity index (χ1n) is 24.1. The van der Waals surface area contributed by atoms with Gasteiger partial charge in [0.15, 0.2) is 28.4 Å². The van der Waals surface area contributed by atoms with E-state index in [4.69, 9.17) is 56.8 Å². The number of aromatic hydroxyl groups is 1. The molecule has 28 heteroatoms. The Morgan fingerprint density at radius 2 is 1.18 bits per heavy atom. The van der Waals surface area contributed by atoms with Gasteiger partial charge in [-0.2, -0.15) is 12.6 Å². The van der Waals surface area contributed by atoms with E-state index in [0.717, 1.165) is 0 Å². The number of nitrogens with two attached hydrogens (primary N) is 7. The van der Waals surface area contributed by atoms with Crippen LogP contribution >= 0.6 is 24.8 Å². The van der Waals surface area contributed by atoms with Crippen molar-refractivity contribution in [2.24, 2.45) is 55.1 Å². The number of carboxylic acids is 1. The molecule has 0 bridgehead atoms. The van der Waals surface area contributed by atoms with Crippen molar-refractivity contribution in [1.82, 2.24) is 26.6 Å². The number of anilines is 1. The highest BCUT2D eigenvalue weighted by Crippen LogP contribution is 2.42. The Morgan fingerprint density at radius 1 is 0.645 bits per heavy atom. The standard InChI is InChI=1S/C48H66N16O10S2/c49-40(68)35(24-75)64-43(71)34(9-6-20-58-47(54)55)63-42(70)33(8-5-19-57-46(52)53)62-41(69)32(7-4-18-56-45(50)51)61-38(67)10-2-1-3-17-59-48(76)60-25-11-14-28(31(21-25)44(72)73)39-29-15-12-26(65)22-36(29)74-37-23-27(66)13-16-30(37)39/h11-16,21-23,32-35,65,75H,1-10,17-20,24H2,(H2,49,68)(H,61,67)(H,62,69)(H,63,70)(H,64,71)(H,72,73)(H4,50,51,56)(H4,52,53,57)(H4,54,55,58)(H2,59,60,76)/t32-,33-,34-,35-/m0/s1. The fourth-order valence-electron chi connectivity index (χ4n) is 7.74. The average Bonchev–Trinajstić information content (AvgIpc) is 3.35. The summed E-state index contributed by atoms with van der Waals surface area (Å²) in [4.78, 5) is 103. The Balaban J connectivity index is 1.38. The lowest BCUT2D eigenvalue weighted by molar-refractivity contribution is -0.134. The molecule has 0 aromatic heterocycles. The zero-order chi connectivity index (χ0) is 55.9. The molecule has 0 fully saturated rings. The van der Waals surface area contributed by atoms with Crippen molar-refractivity contribution in [3.8, 4) is 28.2 Å². The first kappa shape index (κ1) is 60.2. The number of thiocarbonyl (C=S) groups is 1. The minimum absolute atomic E-state index is 0.00569. The highest BCUT2D eigenvalue weighted by Gasteiger charge is 2.31. The van der Waals surface area contributed by atoms with Gasteiger partial charge < -0.3 is 86.7 Å². The van der Waals surface area contributed by atoms with Crippen molar-refractivity contribution in [1.29, 1.82) is 0 Å². The van der Waals surface area contributed by atoms with Crippen LogP contribution in [0.5, 0.6) is 5.75 Å². The molecule has 0 radical (unpaired) electrons. The van der Waals surface area contributed by atoms with E-state index in [9.17, 15) is 43.8 Å². The number of benzene rings is 3. The van der Waals surface area contributed by atoms with Gasteiger partial charge in [-0.3, -0.25) is 43.7 Å². The number of hydrogen-bond acceptors (Lipinski definition) is 14. The first-order chi connectivity index (χ1) is 36.2. The summed E-state index contributed by atoms with van der Waals surface area (Å²) in [7, 11) is 0. The molecule has 0 saturated carbocycles. The predicted molar refractivity (Wildman–Crippen MR) is 296 cm³/mol. The second kappa shape index (κ2) is 30.1. The summed E-state index contributed by atoms with van der Waals surface area (Å²) < 4.78 is 5.91. The van der Waals surface area contributed by atoms with E-state index in [1.54, 1.807) is 24.3 Å². The van der Waals surface area contributed by atoms with Crippen LogP contribution < -0.4 is 77.5 Å². The number of rotatable bonds is 30. The number of guanidine groups is 3. The number of carbonyl (C=O) groups excluding carboxylic acids is 5. The zero-order valence-corrected chi connectivity index (χ0v) is 43.2. The molecule has 0 spiro atoms. The van der Waals surface area contributed by atoms with Gasteiger partial charge in [-0.1, -0.05) is 12.5 Å². The molecule has 2 aliphatic rings. The van der Waals surface area contributed by atoms with Gasteiger partial charge in [0.2, 0.25) is 29.5 Å². The van der Waals surface area contributed by atoms with Gasteiger partial charge in [0.05, 0.1) is 5.56 Å². The number of phenolic OH excluding ortho intramolecular Hbond substituents is 1. The molecule has 1 aliphatic carbocycles. The highest BCUT2D eigenvalue weighted by molar-refractivity contribution is 7.80. The molecule has 4 atom stereocenters. The molecule has 2 aromatic carbocycles. The molecule has 410 valence electrons. The number of nitrogens with one attached hydrogen (secondary N) is 6. The Bertz CT molecular complexity index is 2830. The van der Waals surface area contributed by atoms with Crippen LogP contribution in [0.25, 0.3) is 33.4 Å². The summed E-state index contributed by atoms with van der Waals surface area (Å²) in [6, 6.07) is 8.54. The van der Waals surface area contributed by atoms with Crippen LogP contribution in [-0.4, -0.2) is 125 Å². The van der Waals surface area contributed by atoms with Crippen LogP contribution in [0.1, 0.15) is 74.6 Å². The van der Waals surface area contributed by atoms with Crippen molar-refractivity contribution in [2.45, 2.75) is 88.4 Å². The number of unbranched alkanes of at least 4 members (excludes halogenated alkanes) is 2. The normalized spacial score (nSPS) is 12.4. The SMILES string of the molecule is NC(=O)[C@H](CS)NC(=O)[C@H](CCCN=C(N)N)NC(=O)[C@H](CCCN=C(N)N)NC(=O)[C@H](CCCN=C(N)N)NC(=O)CCCCCNC(=S)Nc1ccc(-c2c3ccc(=O)cc-3oc3cc(O)ccc23)c(C(=O)O)c1. The molecule has 4 rings (SSSR count). The number of carbonyl (C=O) groups is 6. The number of nitrogens with zero attached hydrogens (tertiary/aromatic N) is 3. The quantitative estimate of drug-likeness (QED) is 0.00769. The molecule has 22 N–H and O–H groups in total. The number of primary amides is 1. The van der Waals surface area contributed by atoms with Gasteiger partial charge in [0.25, 0.3) is 0 Å². The second-order valence-corrected chi connectivity index (χ2v) is 18.1. The van der Waals surface area contributed by atoms with E-state index in [1.165, 1.54) is 30.3 Å². The van der Waals surface area contributed by atoms with Crippen molar-refractivity contribution in [3.05, 3.63) is 70.4 Å². The van der Waals surface area contributed by atoms with Gasteiger partial charge in [0, 0.05) is 72.7 Å². The minimum atomic E-state index is -1.27. The molecular weight excluding hydrogens is 1020 g/mol. The maximum absolute atomic E-state index is 14.0. The van der Waals surface area contributed by atoms with E-state index in [-0.39, 0.29) is 121 Å². The zero-order valence-electron chi connectivity index (χ0n) is 41.5. The fraction of sp³-hybridized carbons (Fsp3) is 0.396. The Morgan fingerprint density at radius 3 is 1.71 bits per heavy atom. The smallest absolute Gasteiger partial charge is 0.336 e. The van der Waals surface area contributed by atoms with Crippen LogP contribution in [-0.2, 0) is 24.0 Å². The molecule has 0 saturated heterocycles. The van der Waals surface area contributed by atoms with Gasteiger partial charge in [-0.15, -0.1) is 0 Å². The maximum atomic E-state index is 14.0. The number of carboxylic acid groups (broad SMARTS) is 1. The minimum Gasteiger partial charge on any atom is -0.508 e. The van der Waals surface area contributed by atoms with Crippen LogP contribution in [0.4, 0.5) is 5.69 Å². The van der Waals surface area contributed by atoms with E-state index < -0.39 is 59.7 Å². The summed E-state index contributed by atoms with van der Waals surface area (Å²) in [6.45, 7) is 0.721. The monoisotopic (exact) mass is 1090 g/mol. The predicted octanol–water partition coefficient (Wildman–Crippen LogP) is -0.670. The second-order valence-electron chi connectivity index (χ2n) is 17.3. The van der Waals surface area contributed by atoms with Crippen LogP contribution in [0.2, 0.25) is 0 Å². The fourth-order valence-corrected chi connectivity index (χ4v) is 8.23. The maximum Gasteiger partial charge on any atom is 0.336 e. The highest BCUT2D eigenvalue weighted by atomic mass is 32.1. The Kier molecular flexibility index (Phi) is 23.8. The molecule has 2 aromatic rings. The van der Waals surface area contributed by atoms with E-state index >= 15 is 0 Å². The molecule has 26 nitrogen and oxygen atoms in total. The molecule has 1 aliphatic heterocycles. The lowest BCUT2D eigenvalue weighted by Gasteiger charge is -2.26. The van der Waals surface area contributed by atoms with Crippen LogP contribution in [0.15, 0.2) is 78.8 Å². The van der Waals surface area contributed by atoms with Gasteiger partial charge in [-0.25, -0.2) is 4.79 Å². The third kappa shape index (κ3) is 19.5. The van der Waals surface area contributed by atoms with Gasteiger partial charge in [-0.05, 0) is 106 Å². The lowest BCUT2D eigenvalue weighted by Crippen LogP contribution is -2.58. The average molecular weight is 1090 g/mol. The third-order valence-corrected chi connectivity index (χ3v) is 12.0. The van der Waals surface area contributed by atoms with Crippen molar-refractivity contribution in [3.63, 3.8) is 0 Å². The summed E-state index contributed by atoms with van der Waals surface area (Å²) in [5.74, 6) is -5.30. The van der Waals surface area contributed by atoms with Crippen LogP contribution in [0, 0.1) is 0 Å². The van der Waals surface area contributed by atoms with E-state index in [2.05, 4.69) is 59.5 Å². The third-order valence-electron chi connectivity index (χ3n) is 11.4. The number of amides is 5. The largest absolute Gasteiger partial charge is 0.508 e. The van der Waals surface area contributed by atoms with Crippen molar-refractivity contribution in [2.75, 3.05) is 37.2 Å². The number of phenols is 1.